The number of fused-ring (bicyclic) bond motifs is 2. The van der Waals surface area contributed by atoms with Crippen LogP contribution in [0.15, 0.2) is 0 Å². The first-order valence-corrected chi connectivity index (χ1v) is 28.0. The summed E-state index contributed by atoms with van der Waals surface area (Å²) in [5, 5.41) is 0. The molecular formula is C62H102O6. The van der Waals surface area contributed by atoms with Crippen LogP contribution < -0.4 is 18.9 Å². The summed E-state index contributed by atoms with van der Waals surface area (Å²) in [6, 6.07) is 0. The highest BCUT2D eigenvalue weighted by Gasteiger charge is 2.38. The topological polar surface area (TPSA) is 71.1 Å². The molecule has 0 amide bonds. The maximum atomic E-state index is 13.8. The predicted molar refractivity (Wildman–Crippen MR) is 286 cm³/mol. The molecule has 7 atom stereocenters. The van der Waals surface area contributed by atoms with Crippen LogP contribution in [-0.4, -0.2) is 23.1 Å². The van der Waals surface area contributed by atoms with E-state index >= 15 is 0 Å². The standard InChI is InChI=1S/C62H102O6/c1-40(2)24-18-26-42(5)28-20-30-44(7)32-22-36-61(16)38-34-53-50(13)55(46(9)48(11)57(53)67-61)65-59(63)52(15)60(64)66-56-47(10)49(12)58-54(51(56)14)35-39-62(17,68-58)37-23-33-45(8)31-21-29-43(6)27-19-25-41(3)4/h40-45,52H,18-39H2,1-17H3/t42-,43+,44-,45+,52?,61-,62+. The van der Waals surface area contributed by atoms with Crippen LogP contribution in [0.25, 0.3) is 0 Å². The largest absolute Gasteiger partial charge is 0.487 e. The van der Waals surface area contributed by atoms with E-state index in [1.165, 1.54) is 89.9 Å². The lowest BCUT2D eigenvalue weighted by atomic mass is 9.83. The Morgan fingerprint density at radius 3 is 1.04 bits per heavy atom. The van der Waals surface area contributed by atoms with Crippen molar-refractivity contribution in [3.05, 3.63) is 44.5 Å². The third-order valence-corrected chi connectivity index (χ3v) is 16.8. The molecule has 0 aromatic heterocycles. The predicted octanol–water partition coefficient (Wildman–Crippen LogP) is 17.7. The van der Waals surface area contributed by atoms with E-state index in [9.17, 15) is 9.59 Å². The van der Waals surface area contributed by atoms with E-state index in [-0.39, 0.29) is 11.2 Å². The van der Waals surface area contributed by atoms with Crippen LogP contribution in [0.5, 0.6) is 23.0 Å². The van der Waals surface area contributed by atoms with Gasteiger partial charge in [0.2, 0.25) is 0 Å². The zero-order chi connectivity index (χ0) is 50.5. The SMILES string of the molecule is Cc1c(C)c2c(c(C)c1OC(=O)C(C)C(=O)Oc1c(C)c(C)c3c(c1C)CC[C@@](C)(CCC[C@H](C)CCC[C@H](C)CCCC(C)C)O3)CC[C@](C)(CCC[C@@H](C)CCC[C@@H](C)CCCC(C)C)O2. The Kier molecular flexibility index (Phi) is 22.4. The average Bonchev–Trinajstić information content (AvgIpc) is 3.27. The van der Waals surface area contributed by atoms with Gasteiger partial charge in [-0.2, -0.15) is 0 Å². The average molecular weight is 943 g/mol. The van der Waals surface area contributed by atoms with E-state index in [1.54, 1.807) is 6.92 Å². The summed E-state index contributed by atoms with van der Waals surface area (Å²) in [6.07, 6.45) is 26.5. The maximum Gasteiger partial charge on any atom is 0.325 e. The lowest BCUT2D eigenvalue weighted by molar-refractivity contribution is -0.150. The van der Waals surface area contributed by atoms with Gasteiger partial charge in [-0.15, -0.1) is 0 Å². The minimum atomic E-state index is -1.11. The molecule has 2 heterocycles. The van der Waals surface area contributed by atoms with E-state index in [0.29, 0.717) is 11.5 Å². The minimum Gasteiger partial charge on any atom is -0.487 e. The van der Waals surface area contributed by atoms with Crippen LogP contribution >= 0.6 is 0 Å². The number of ether oxygens (including phenoxy) is 4. The first kappa shape index (κ1) is 57.6. The van der Waals surface area contributed by atoms with Gasteiger partial charge in [-0.25, -0.2) is 0 Å². The van der Waals surface area contributed by atoms with Crippen molar-refractivity contribution in [2.24, 2.45) is 41.4 Å². The van der Waals surface area contributed by atoms with Gasteiger partial charge in [0, 0.05) is 11.1 Å². The molecule has 0 saturated heterocycles. The van der Waals surface area contributed by atoms with Crippen molar-refractivity contribution >= 4 is 11.9 Å². The Morgan fingerprint density at radius 2 is 0.735 bits per heavy atom. The maximum absolute atomic E-state index is 13.8. The summed E-state index contributed by atoms with van der Waals surface area (Å²) in [5.74, 6) is 5.36. The Morgan fingerprint density at radius 1 is 0.441 bits per heavy atom. The number of carbonyl (C=O) groups is 2. The molecule has 386 valence electrons. The van der Waals surface area contributed by atoms with Crippen LogP contribution in [-0.2, 0) is 22.4 Å². The molecule has 0 fully saturated rings. The number of rotatable bonds is 28. The van der Waals surface area contributed by atoms with Gasteiger partial charge in [0.15, 0.2) is 5.92 Å². The van der Waals surface area contributed by atoms with Gasteiger partial charge >= 0.3 is 11.9 Å². The number of benzene rings is 2. The van der Waals surface area contributed by atoms with Crippen molar-refractivity contribution in [1.29, 1.82) is 0 Å². The number of carbonyl (C=O) groups excluding carboxylic acids is 2. The smallest absolute Gasteiger partial charge is 0.325 e. The Bertz CT molecular complexity index is 1800. The fraction of sp³-hybridized carbons (Fsp3) is 0.774. The molecule has 0 radical (unpaired) electrons. The molecule has 6 nitrogen and oxygen atoms in total. The van der Waals surface area contributed by atoms with E-state index in [0.717, 1.165) is 143 Å². The van der Waals surface area contributed by atoms with Gasteiger partial charge in [-0.3, -0.25) is 9.59 Å². The van der Waals surface area contributed by atoms with Gasteiger partial charge in [-0.05, 0) is 183 Å². The van der Waals surface area contributed by atoms with E-state index in [1.807, 2.05) is 27.7 Å². The first-order chi connectivity index (χ1) is 32.0. The molecule has 2 aliphatic heterocycles. The van der Waals surface area contributed by atoms with Crippen LogP contribution in [0, 0.1) is 83.0 Å². The van der Waals surface area contributed by atoms with Gasteiger partial charge in [0.1, 0.15) is 34.2 Å². The lowest BCUT2D eigenvalue weighted by Gasteiger charge is -2.38. The summed E-state index contributed by atoms with van der Waals surface area (Å²) in [6.45, 7) is 37.3. The lowest BCUT2D eigenvalue weighted by Crippen LogP contribution is -2.37. The monoisotopic (exact) mass is 943 g/mol. The molecule has 6 heteroatoms. The Balaban J connectivity index is 1.29. The number of hydrogen-bond acceptors (Lipinski definition) is 6. The summed E-state index contributed by atoms with van der Waals surface area (Å²) < 4.78 is 26.1. The molecule has 1 unspecified atom stereocenters. The third kappa shape index (κ3) is 16.5. The summed E-state index contributed by atoms with van der Waals surface area (Å²) in [4.78, 5) is 27.6. The van der Waals surface area contributed by atoms with Crippen LogP contribution in [0.3, 0.4) is 0 Å². The summed E-state index contributed by atoms with van der Waals surface area (Å²) in [7, 11) is 0. The molecule has 0 spiro atoms. The molecule has 0 aliphatic carbocycles. The molecule has 4 rings (SSSR count). The normalized spacial score (nSPS) is 20.2. The second-order valence-corrected chi connectivity index (χ2v) is 24.4. The highest BCUT2D eigenvalue weighted by molar-refractivity contribution is 5.96. The van der Waals surface area contributed by atoms with E-state index in [2.05, 4.69) is 83.1 Å². The van der Waals surface area contributed by atoms with Crippen LogP contribution in [0.4, 0.5) is 0 Å². The van der Waals surface area contributed by atoms with Crippen molar-refractivity contribution in [2.45, 2.75) is 270 Å². The minimum absolute atomic E-state index is 0.224. The highest BCUT2D eigenvalue weighted by Crippen LogP contribution is 2.47. The molecule has 2 aromatic rings. The van der Waals surface area contributed by atoms with E-state index < -0.39 is 17.9 Å². The van der Waals surface area contributed by atoms with Crippen molar-refractivity contribution in [2.75, 3.05) is 0 Å². The molecule has 2 aromatic carbocycles. The zero-order valence-electron chi connectivity index (χ0n) is 47.0. The van der Waals surface area contributed by atoms with Crippen molar-refractivity contribution in [3.8, 4) is 23.0 Å². The van der Waals surface area contributed by atoms with Crippen molar-refractivity contribution in [1.82, 2.24) is 0 Å². The van der Waals surface area contributed by atoms with Gasteiger partial charge in [0.05, 0.1) is 0 Å². The fourth-order valence-electron chi connectivity index (χ4n) is 11.3. The third-order valence-electron chi connectivity index (χ3n) is 16.8. The zero-order valence-corrected chi connectivity index (χ0v) is 47.0. The molecule has 68 heavy (non-hydrogen) atoms. The molecule has 0 N–H and O–H groups in total. The van der Waals surface area contributed by atoms with Gasteiger partial charge in [0.25, 0.3) is 0 Å². The second kappa shape index (κ2) is 26.4. The highest BCUT2D eigenvalue weighted by atomic mass is 16.6. The quantitative estimate of drug-likeness (QED) is 0.0481. The van der Waals surface area contributed by atoms with E-state index in [4.69, 9.17) is 18.9 Å². The van der Waals surface area contributed by atoms with Crippen molar-refractivity contribution < 1.29 is 28.5 Å². The summed E-state index contributed by atoms with van der Waals surface area (Å²) in [5.41, 5.74) is 7.33. The van der Waals surface area contributed by atoms with Crippen LogP contribution in [0.1, 0.15) is 249 Å². The molecule has 0 saturated carbocycles. The Hall–Kier alpha value is -3.02. The van der Waals surface area contributed by atoms with Crippen molar-refractivity contribution in [3.63, 3.8) is 0 Å². The number of esters is 2. The van der Waals surface area contributed by atoms with Gasteiger partial charge in [-0.1, -0.05) is 145 Å². The van der Waals surface area contributed by atoms with Crippen LogP contribution in [0.2, 0.25) is 0 Å². The molecular weight excluding hydrogens is 841 g/mol. The second-order valence-electron chi connectivity index (χ2n) is 24.4. The number of hydrogen-bond donors (Lipinski definition) is 0. The van der Waals surface area contributed by atoms with Gasteiger partial charge < -0.3 is 18.9 Å². The Labute approximate surface area is 418 Å². The molecule has 0 bridgehead atoms. The fourth-order valence-corrected chi connectivity index (χ4v) is 11.3. The molecule has 2 aliphatic rings. The summed E-state index contributed by atoms with van der Waals surface area (Å²) >= 11 is 0. The first-order valence-electron chi connectivity index (χ1n) is 28.0.